The topological polar surface area (TPSA) is 39.7 Å². The van der Waals surface area contributed by atoms with Gasteiger partial charge in [-0.05, 0) is 38.8 Å². The van der Waals surface area contributed by atoms with Crippen LogP contribution < -0.4 is 10.6 Å². The van der Waals surface area contributed by atoms with Crippen LogP contribution in [0.25, 0.3) is 0 Å². The van der Waals surface area contributed by atoms with Crippen molar-refractivity contribution in [1.29, 1.82) is 0 Å². The lowest BCUT2D eigenvalue weighted by Crippen LogP contribution is -2.46. The maximum Gasteiger partial charge on any atom is 0.191 e. The van der Waals surface area contributed by atoms with E-state index in [9.17, 15) is 0 Å². The van der Waals surface area contributed by atoms with Crippen molar-refractivity contribution in [2.45, 2.75) is 58.4 Å². The van der Waals surface area contributed by atoms with Crippen LogP contribution >= 0.6 is 0 Å². The summed E-state index contributed by atoms with van der Waals surface area (Å²) in [6.07, 6.45) is 7.82. The van der Waals surface area contributed by atoms with Crippen LogP contribution in [0.5, 0.6) is 0 Å². The van der Waals surface area contributed by atoms with E-state index in [0.717, 1.165) is 25.0 Å². The normalized spacial score (nSPS) is 23.9. The minimum absolute atomic E-state index is 0.600. The number of hydrogen-bond acceptors (Lipinski definition) is 2. The molecule has 1 aliphatic rings. The van der Waals surface area contributed by atoms with Crippen LogP contribution in [-0.4, -0.2) is 50.6 Å². The van der Waals surface area contributed by atoms with Crippen LogP contribution in [0.15, 0.2) is 4.99 Å². The molecule has 0 amide bonds. The SMILES string of the molecule is CCCCN(C)CCNC(=NC)NC1CCCC(C)C1. The van der Waals surface area contributed by atoms with E-state index in [4.69, 9.17) is 0 Å². The second-order valence-corrected chi connectivity index (χ2v) is 6.27. The lowest BCUT2D eigenvalue weighted by Gasteiger charge is -2.29. The Kier molecular flexibility index (Phi) is 8.67. The Labute approximate surface area is 125 Å². The van der Waals surface area contributed by atoms with Gasteiger partial charge in [-0.15, -0.1) is 0 Å². The van der Waals surface area contributed by atoms with E-state index < -0.39 is 0 Å². The fourth-order valence-corrected chi connectivity index (χ4v) is 2.86. The quantitative estimate of drug-likeness (QED) is 0.556. The summed E-state index contributed by atoms with van der Waals surface area (Å²) < 4.78 is 0. The summed E-state index contributed by atoms with van der Waals surface area (Å²) in [6, 6.07) is 0.600. The van der Waals surface area contributed by atoms with Gasteiger partial charge >= 0.3 is 0 Å². The molecule has 20 heavy (non-hydrogen) atoms. The van der Waals surface area contributed by atoms with Gasteiger partial charge in [0.15, 0.2) is 5.96 Å². The van der Waals surface area contributed by atoms with Crippen LogP contribution in [0.4, 0.5) is 0 Å². The molecule has 118 valence electrons. The van der Waals surface area contributed by atoms with Crippen molar-refractivity contribution in [1.82, 2.24) is 15.5 Å². The first-order chi connectivity index (χ1) is 9.65. The molecule has 1 aliphatic carbocycles. The predicted octanol–water partition coefficient (Wildman–Crippen LogP) is 2.46. The maximum absolute atomic E-state index is 4.34. The third kappa shape index (κ3) is 7.13. The van der Waals surface area contributed by atoms with Gasteiger partial charge in [-0.2, -0.15) is 0 Å². The van der Waals surface area contributed by atoms with E-state index in [-0.39, 0.29) is 0 Å². The van der Waals surface area contributed by atoms with E-state index in [2.05, 4.69) is 41.4 Å². The standard InChI is InChI=1S/C16H34N4/c1-5-6-11-20(4)12-10-18-16(17-3)19-15-9-7-8-14(2)13-15/h14-15H,5-13H2,1-4H3,(H2,17,18,19). The zero-order chi connectivity index (χ0) is 14.8. The summed E-state index contributed by atoms with van der Waals surface area (Å²) >= 11 is 0. The Morgan fingerprint density at radius 2 is 2.10 bits per heavy atom. The molecule has 0 radical (unpaired) electrons. The minimum atomic E-state index is 0.600. The summed E-state index contributed by atoms with van der Waals surface area (Å²) in [5.74, 6) is 1.81. The Hall–Kier alpha value is -0.770. The highest BCUT2D eigenvalue weighted by molar-refractivity contribution is 5.79. The molecule has 2 atom stereocenters. The van der Waals surface area contributed by atoms with Gasteiger partial charge < -0.3 is 15.5 Å². The number of unbranched alkanes of at least 4 members (excludes halogenated alkanes) is 1. The highest BCUT2D eigenvalue weighted by Crippen LogP contribution is 2.23. The fraction of sp³-hybridized carbons (Fsp3) is 0.938. The highest BCUT2D eigenvalue weighted by atomic mass is 15.2. The Bertz CT molecular complexity index is 278. The molecule has 0 spiro atoms. The molecule has 2 N–H and O–H groups in total. The molecular weight excluding hydrogens is 248 g/mol. The van der Waals surface area contributed by atoms with Crippen molar-refractivity contribution in [3.8, 4) is 0 Å². The van der Waals surface area contributed by atoms with Crippen molar-refractivity contribution in [3.05, 3.63) is 0 Å². The van der Waals surface area contributed by atoms with Gasteiger partial charge in [-0.1, -0.05) is 33.1 Å². The first kappa shape index (κ1) is 17.3. The number of nitrogens with zero attached hydrogens (tertiary/aromatic N) is 2. The number of hydrogen-bond donors (Lipinski definition) is 2. The smallest absolute Gasteiger partial charge is 0.191 e. The number of likely N-dealkylation sites (N-methyl/N-ethyl adjacent to an activating group) is 1. The van der Waals surface area contributed by atoms with E-state index >= 15 is 0 Å². The second-order valence-electron chi connectivity index (χ2n) is 6.27. The fourth-order valence-electron chi connectivity index (χ4n) is 2.86. The average Bonchev–Trinajstić information content (AvgIpc) is 2.44. The van der Waals surface area contributed by atoms with Crippen LogP contribution in [0.2, 0.25) is 0 Å². The molecule has 4 nitrogen and oxygen atoms in total. The molecule has 1 saturated carbocycles. The summed E-state index contributed by atoms with van der Waals surface area (Å²) in [5, 5.41) is 7.01. The largest absolute Gasteiger partial charge is 0.355 e. The first-order valence-corrected chi connectivity index (χ1v) is 8.31. The molecule has 4 heteroatoms. The van der Waals surface area contributed by atoms with E-state index in [1.54, 1.807) is 0 Å². The highest BCUT2D eigenvalue weighted by Gasteiger charge is 2.19. The third-order valence-electron chi connectivity index (χ3n) is 4.18. The van der Waals surface area contributed by atoms with Crippen molar-refractivity contribution >= 4 is 5.96 Å². The molecule has 0 aliphatic heterocycles. The molecular formula is C16H34N4. The van der Waals surface area contributed by atoms with Gasteiger partial charge in [0, 0.05) is 26.2 Å². The molecule has 0 aromatic carbocycles. The van der Waals surface area contributed by atoms with Gasteiger partial charge in [-0.3, -0.25) is 4.99 Å². The Morgan fingerprint density at radius 3 is 2.75 bits per heavy atom. The van der Waals surface area contributed by atoms with Gasteiger partial charge in [0.1, 0.15) is 0 Å². The monoisotopic (exact) mass is 282 g/mol. The molecule has 0 saturated heterocycles. The molecule has 1 rings (SSSR count). The van der Waals surface area contributed by atoms with Crippen LogP contribution in [0.3, 0.4) is 0 Å². The van der Waals surface area contributed by atoms with Crippen LogP contribution in [0, 0.1) is 5.92 Å². The predicted molar refractivity (Wildman–Crippen MR) is 88.3 cm³/mol. The van der Waals surface area contributed by atoms with Crippen molar-refractivity contribution < 1.29 is 0 Å². The molecule has 0 heterocycles. The second kappa shape index (κ2) is 10.0. The van der Waals surface area contributed by atoms with Crippen molar-refractivity contribution in [3.63, 3.8) is 0 Å². The Balaban J connectivity index is 2.19. The van der Waals surface area contributed by atoms with Crippen LogP contribution in [0.1, 0.15) is 52.4 Å². The van der Waals surface area contributed by atoms with Gasteiger partial charge in [-0.25, -0.2) is 0 Å². The van der Waals surface area contributed by atoms with E-state index in [0.29, 0.717) is 6.04 Å². The maximum atomic E-state index is 4.34. The molecule has 0 aromatic heterocycles. The lowest BCUT2D eigenvalue weighted by atomic mass is 9.87. The van der Waals surface area contributed by atoms with Gasteiger partial charge in [0.2, 0.25) is 0 Å². The lowest BCUT2D eigenvalue weighted by molar-refractivity contribution is 0.320. The number of nitrogens with one attached hydrogen (secondary N) is 2. The first-order valence-electron chi connectivity index (χ1n) is 8.31. The van der Waals surface area contributed by atoms with E-state index in [1.165, 1.54) is 45.1 Å². The summed E-state index contributed by atoms with van der Waals surface area (Å²) in [5.41, 5.74) is 0. The van der Waals surface area contributed by atoms with E-state index in [1.807, 2.05) is 7.05 Å². The zero-order valence-electron chi connectivity index (χ0n) is 13.9. The molecule has 0 bridgehead atoms. The van der Waals surface area contributed by atoms with Gasteiger partial charge in [0.25, 0.3) is 0 Å². The number of rotatable bonds is 7. The third-order valence-corrected chi connectivity index (χ3v) is 4.18. The number of aliphatic imine (C=N–C) groups is 1. The van der Waals surface area contributed by atoms with Crippen molar-refractivity contribution in [2.75, 3.05) is 33.7 Å². The molecule has 1 fully saturated rings. The zero-order valence-corrected chi connectivity index (χ0v) is 13.9. The van der Waals surface area contributed by atoms with Crippen molar-refractivity contribution in [2.24, 2.45) is 10.9 Å². The minimum Gasteiger partial charge on any atom is -0.355 e. The summed E-state index contributed by atoms with van der Waals surface area (Å²) in [7, 11) is 4.05. The molecule has 2 unspecified atom stereocenters. The molecule has 0 aromatic rings. The summed E-state index contributed by atoms with van der Waals surface area (Å²) in [4.78, 5) is 6.72. The van der Waals surface area contributed by atoms with Crippen LogP contribution in [-0.2, 0) is 0 Å². The Morgan fingerprint density at radius 1 is 1.30 bits per heavy atom. The number of guanidine groups is 1. The van der Waals surface area contributed by atoms with Gasteiger partial charge in [0.05, 0.1) is 0 Å². The summed E-state index contributed by atoms with van der Waals surface area (Å²) in [6.45, 7) is 7.81. The average molecular weight is 282 g/mol.